The van der Waals surface area contributed by atoms with Gasteiger partial charge in [0, 0.05) is 35.4 Å². The first-order chi connectivity index (χ1) is 8.66. The Labute approximate surface area is 108 Å². The van der Waals surface area contributed by atoms with E-state index in [1.807, 2.05) is 12.1 Å². The molecular formula is C15H21N3. The molecule has 1 aliphatic rings. The van der Waals surface area contributed by atoms with Gasteiger partial charge in [0.25, 0.3) is 0 Å². The molecule has 0 bridgehead atoms. The first-order valence-electron chi connectivity index (χ1n) is 6.78. The highest BCUT2D eigenvalue weighted by molar-refractivity contribution is 5.92. The van der Waals surface area contributed by atoms with Crippen molar-refractivity contribution in [3.8, 4) is 0 Å². The Balaban J connectivity index is 2.04. The Morgan fingerprint density at radius 3 is 2.83 bits per heavy atom. The lowest BCUT2D eigenvalue weighted by atomic mass is 10.2. The maximum Gasteiger partial charge on any atom is 0.0506 e. The summed E-state index contributed by atoms with van der Waals surface area (Å²) in [5.74, 6) is 0. The molecule has 0 unspecified atom stereocenters. The summed E-state index contributed by atoms with van der Waals surface area (Å²) >= 11 is 0. The molecule has 18 heavy (non-hydrogen) atoms. The van der Waals surface area contributed by atoms with Crippen LogP contribution in [0.1, 0.15) is 38.4 Å². The Morgan fingerprint density at radius 2 is 2.17 bits per heavy atom. The van der Waals surface area contributed by atoms with Crippen molar-refractivity contribution in [3.05, 3.63) is 30.0 Å². The van der Waals surface area contributed by atoms with E-state index in [1.54, 1.807) is 0 Å². The number of hydrogen-bond donors (Lipinski definition) is 2. The summed E-state index contributed by atoms with van der Waals surface area (Å²) < 4.78 is 2.39. The molecule has 0 atom stereocenters. The third-order valence-corrected chi connectivity index (χ3v) is 3.66. The zero-order valence-electron chi connectivity index (χ0n) is 11.1. The molecule has 0 amide bonds. The Kier molecular flexibility index (Phi) is 2.78. The molecule has 3 N–H and O–H groups in total. The monoisotopic (exact) mass is 243 g/mol. The Morgan fingerprint density at radius 1 is 1.39 bits per heavy atom. The average molecular weight is 243 g/mol. The second-order valence-electron chi connectivity index (χ2n) is 5.53. The molecule has 0 aliphatic heterocycles. The lowest BCUT2D eigenvalue weighted by Crippen LogP contribution is -2.18. The summed E-state index contributed by atoms with van der Waals surface area (Å²) in [5.41, 5.74) is 9.53. The van der Waals surface area contributed by atoms with Crippen LogP contribution in [0, 0.1) is 0 Å². The SMILES string of the molecule is CC(C)n1c(CNC2CC2)cc2c(N)cccc21. The lowest BCUT2D eigenvalue weighted by molar-refractivity contribution is 0.565. The summed E-state index contributed by atoms with van der Waals surface area (Å²) in [5, 5.41) is 4.77. The van der Waals surface area contributed by atoms with Crippen molar-refractivity contribution in [1.82, 2.24) is 9.88 Å². The molecule has 1 saturated carbocycles. The third-order valence-electron chi connectivity index (χ3n) is 3.66. The molecule has 1 aromatic carbocycles. The fourth-order valence-corrected chi connectivity index (χ4v) is 2.61. The number of nitrogen functional groups attached to an aromatic ring is 1. The van der Waals surface area contributed by atoms with E-state index >= 15 is 0 Å². The van der Waals surface area contributed by atoms with Crippen LogP contribution < -0.4 is 11.1 Å². The Bertz CT molecular complexity index is 564. The van der Waals surface area contributed by atoms with Crippen LogP contribution in [-0.2, 0) is 6.54 Å². The Hall–Kier alpha value is -1.48. The normalized spacial score (nSPS) is 15.7. The van der Waals surface area contributed by atoms with E-state index in [9.17, 15) is 0 Å². The van der Waals surface area contributed by atoms with Gasteiger partial charge in [-0.15, -0.1) is 0 Å². The molecule has 96 valence electrons. The smallest absolute Gasteiger partial charge is 0.0506 e. The first-order valence-corrected chi connectivity index (χ1v) is 6.78. The molecule has 0 radical (unpaired) electrons. The summed E-state index contributed by atoms with van der Waals surface area (Å²) in [4.78, 5) is 0. The van der Waals surface area contributed by atoms with Gasteiger partial charge in [0.15, 0.2) is 0 Å². The van der Waals surface area contributed by atoms with Gasteiger partial charge < -0.3 is 15.6 Å². The highest BCUT2D eigenvalue weighted by Gasteiger charge is 2.21. The minimum atomic E-state index is 0.459. The minimum absolute atomic E-state index is 0.459. The fraction of sp³-hybridized carbons (Fsp3) is 0.467. The van der Waals surface area contributed by atoms with E-state index < -0.39 is 0 Å². The number of benzene rings is 1. The van der Waals surface area contributed by atoms with Gasteiger partial charge in [-0.2, -0.15) is 0 Å². The molecule has 3 heteroatoms. The van der Waals surface area contributed by atoms with Crippen LogP contribution in [0.5, 0.6) is 0 Å². The number of nitrogens with two attached hydrogens (primary N) is 1. The van der Waals surface area contributed by atoms with Crippen LogP contribution in [0.3, 0.4) is 0 Å². The average Bonchev–Trinajstić information content (AvgIpc) is 3.06. The van der Waals surface area contributed by atoms with Gasteiger partial charge in [-0.25, -0.2) is 0 Å². The lowest BCUT2D eigenvalue weighted by Gasteiger charge is -2.15. The summed E-state index contributed by atoms with van der Waals surface area (Å²) in [7, 11) is 0. The quantitative estimate of drug-likeness (QED) is 0.810. The van der Waals surface area contributed by atoms with Crippen molar-refractivity contribution in [1.29, 1.82) is 0 Å². The number of fused-ring (bicyclic) bond motifs is 1. The van der Waals surface area contributed by atoms with Gasteiger partial charge >= 0.3 is 0 Å². The largest absolute Gasteiger partial charge is 0.398 e. The fourth-order valence-electron chi connectivity index (χ4n) is 2.61. The minimum Gasteiger partial charge on any atom is -0.398 e. The maximum atomic E-state index is 6.07. The van der Waals surface area contributed by atoms with Crippen LogP contribution >= 0.6 is 0 Å². The van der Waals surface area contributed by atoms with E-state index in [0.29, 0.717) is 6.04 Å². The number of aromatic nitrogens is 1. The van der Waals surface area contributed by atoms with Gasteiger partial charge in [0.05, 0.1) is 5.52 Å². The molecule has 3 rings (SSSR count). The van der Waals surface area contributed by atoms with E-state index in [2.05, 4.69) is 35.9 Å². The van der Waals surface area contributed by atoms with Gasteiger partial charge in [0.1, 0.15) is 0 Å². The van der Waals surface area contributed by atoms with Crippen LogP contribution in [-0.4, -0.2) is 10.6 Å². The highest BCUT2D eigenvalue weighted by atomic mass is 15.1. The van der Waals surface area contributed by atoms with Crippen LogP contribution in [0.4, 0.5) is 5.69 Å². The van der Waals surface area contributed by atoms with E-state index in [0.717, 1.165) is 18.3 Å². The van der Waals surface area contributed by atoms with Gasteiger partial charge in [-0.05, 0) is 44.9 Å². The second-order valence-corrected chi connectivity index (χ2v) is 5.53. The van der Waals surface area contributed by atoms with E-state index in [4.69, 9.17) is 5.73 Å². The standard InChI is InChI=1S/C15H21N3/c1-10(2)18-12(9-17-11-6-7-11)8-13-14(16)4-3-5-15(13)18/h3-5,8,10-11,17H,6-7,9,16H2,1-2H3. The second kappa shape index (κ2) is 4.32. The number of rotatable bonds is 4. The van der Waals surface area contributed by atoms with Gasteiger partial charge in [-0.1, -0.05) is 6.07 Å². The molecule has 1 fully saturated rings. The van der Waals surface area contributed by atoms with Crippen molar-refractivity contribution < 1.29 is 0 Å². The summed E-state index contributed by atoms with van der Waals surface area (Å²) in [6.07, 6.45) is 2.65. The molecule has 2 aromatic rings. The maximum absolute atomic E-state index is 6.07. The molecule has 0 spiro atoms. The molecule has 3 nitrogen and oxygen atoms in total. The van der Waals surface area contributed by atoms with E-state index in [-0.39, 0.29) is 0 Å². The van der Waals surface area contributed by atoms with Crippen molar-refractivity contribution in [2.75, 3.05) is 5.73 Å². The number of hydrogen-bond acceptors (Lipinski definition) is 2. The molecule has 0 saturated heterocycles. The van der Waals surface area contributed by atoms with Gasteiger partial charge in [0.2, 0.25) is 0 Å². The zero-order chi connectivity index (χ0) is 12.7. The predicted octanol–water partition coefficient (Wildman–Crippen LogP) is 3.06. The summed E-state index contributed by atoms with van der Waals surface area (Å²) in [6.45, 7) is 5.39. The zero-order valence-corrected chi connectivity index (χ0v) is 11.1. The molecule has 1 heterocycles. The van der Waals surface area contributed by atoms with Gasteiger partial charge in [-0.3, -0.25) is 0 Å². The topological polar surface area (TPSA) is 43.0 Å². The van der Waals surface area contributed by atoms with Crippen LogP contribution in [0.2, 0.25) is 0 Å². The molecule has 1 aromatic heterocycles. The third kappa shape index (κ3) is 1.99. The van der Waals surface area contributed by atoms with E-state index in [1.165, 1.54) is 29.4 Å². The highest BCUT2D eigenvalue weighted by Crippen LogP contribution is 2.29. The number of anilines is 1. The van der Waals surface area contributed by atoms with Crippen molar-refractivity contribution in [3.63, 3.8) is 0 Å². The predicted molar refractivity (Wildman–Crippen MR) is 76.6 cm³/mol. The first kappa shape index (κ1) is 11.6. The number of nitrogens with one attached hydrogen (secondary N) is 1. The van der Waals surface area contributed by atoms with Crippen LogP contribution in [0.15, 0.2) is 24.3 Å². The van der Waals surface area contributed by atoms with Crippen molar-refractivity contribution in [2.45, 2.75) is 45.3 Å². The summed E-state index contributed by atoms with van der Waals surface area (Å²) in [6, 6.07) is 9.60. The van der Waals surface area contributed by atoms with Crippen molar-refractivity contribution >= 4 is 16.6 Å². The van der Waals surface area contributed by atoms with Crippen LogP contribution in [0.25, 0.3) is 10.9 Å². The molecular weight excluding hydrogens is 222 g/mol. The molecule has 1 aliphatic carbocycles. The number of nitrogens with zero attached hydrogens (tertiary/aromatic N) is 1. The van der Waals surface area contributed by atoms with Crippen molar-refractivity contribution in [2.24, 2.45) is 0 Å².